The number of hydrogen-bond donors (Lipinski definition) is 2. The lowest BCUT2D eigenvalue weighted by molar-refractivity contribution is -0.131. The van der Waals surface area contributed by atoms with Crippen LogP contribution in [0.15, 0.2) is 35.2 Å². The smallest absolute Gasteiger partial charge is 0.315 e. The van der Waals surface area contributed by atoms with Gasteiger partial charge in [0.05, 0.1) is 11.4 Å². The molecule has 3 rings (SSSR count). The van der Waals surface area contributed by atoms with E-state index < -0.39 is 16.1 Å². The fourth-order valence-corrected chi connectivity index (χ4v) is 5.99. The van der Waals surface area contributed by atoms with Gasteiger partial charge < -0.3 is 15.5 Å². The minimum absolute atomic E-state index is 0.191. The fraction of sp³-hybridized carbons (Fsp3) is 0.417. The Balaban J connectivity index is 1.52. The van der Waals surface area contributed by atoms with Gasteiger partial charge in [0, 0.05) is 32.7 Å². The molecule has 0 radical (unpaired) electrons. The summed E-state index contributed by atoms with van der Waals surface area (Å²) in [5.41, 5.74) is 4.09. The maximum Gasteiger partial charge on any atom is 0.315 e. The minimum Gasteiger partial charge on any atom is -0.339 e. The number of sulfonamides is 1. The second kappa shape index (κ2) is 10.5. The summed E-state index contributed by atoms with van der Waals surface area (Å²) in [4.78, 5) is 26.4. The molecule has 1 aliphatic rings. The molecule has 1 saturated heterocycles. The predicted molar refractivity (Wildman–Crippen MR) is 127 cm³/mol. The van der Waals surface area contributed by atoms with Crippen LogP contribution in [0, 0.1) is 33.5 Å². The molecule has 0 aromatic heterocycles. The van der Waals surface area contributed by atoms with E-state index in [9.17, 15) is 22.4 Å². The second-order valence-electron chi connectivity index (χ2n) is 8.54. The summed E-state index contributed by atoms with van der Waals surface area (Å²) in [6, 6.07) is 7.22. The molecule has 0 saturated carbocycles. The van der Waals surface area contributed by atoms with Gasteiger partial charge in [-0.3, -0.25) is 4.79 Å². The molecule has 10 heteroatoms. The largest absolute Gasteiger partial charge is 0.339 e. The molecule has 2 aromatic carbocycles. The third-order valence-electron chi connectivity index (χ3n) is 6.25. The predicted octanol–water partition coefficient (Wildman–Crippen LogP) is 2.39. The first-order valence-electron chi connectivity index (χ1n) is 11.1. The van der Waals surface area contributed by atoms with Gasteiger partial charge in [0.2, 0.25) is 15.9 Å². The van der Waals surface area contributed by atoms with E-state index in [1.54, 1.807) is 17.0 Å². The van der Waals surface area contributed by atoms with E-state index >= 15 is 0 Å². The highest BCUT2D eigenvalue weighted by atomic mass is 32.2. The quantitative estimate of drug-likeness (QED) is 0.650. The lowest BCUT2D eigenvalue weighted by Gasteiger charge is -2.34. The maximum atomic E-state index is 13.4. The highest BCUT2D eigenvalue weighted by molar-refractivity contribution is 7.89. The molecule has 1 heterocycles. The van der Waals surface area contributed by atoms with E-state index in [2.05, 4.69) is 10.6 Å². The normalized spacial score (nSPS) is 14.7. The number of nitrogens with one attached hydrogen (secondary N) is 2. The molecule has 0 aliphatic carbocycles. The van der Waals surface area contributed by atoms with Gasteiger partial charge in [0.15, 0.2) is 0 Å². The summed E-state index contributed by atoms with van der Waals surface area (Å²) in [5.74, 6) is -0.640. The van der Waals surface area contributed by atoms with Gasteiger partial charge in [-0.1, -0.05) is 18.2 Å². The standard InChI is InChI=1S/C24H31FN4O4S/c1-16-13-17(2)19(4)23(18(16)3)34(32,33)29-11-9-28(10-12-29)22(30)15-27-24(31)26-14-20-5-7-21(25)8-6-20/h5-8,13H,9-12,14-15H2,1-4H3,(H2,26,27,31). The molecule has 0 atom stereocenters. The topological polar surface area (TPSA) is 98.8 Å². The minimum atomic E-state index is -3.69. The number of hydrogen-bond acceptors (Lipinski definition) is 4. The van der Waals surface area contributed by atoms with Crippen molar-refractivity contribution in [3.8, 4) is 0 Å². The molecule has 2 aromatic rings. The van der Waals surface area contributed by atoms with Crippen molar-refractivity contribution < 1.29 is 22.4 Å². The Morgan fingerprint density at radius 3 is 2.03 bits per heavy atom. The van der Waals surface area contributed by atoms with Crippen molar-refractivity contribution in [1.82, 2.24) is 19.8 Å². The number of amides is 3. The highest BCUT2D eigenvalue weighted by Gasteiger charge is 2.32. The molecule has 3 amide bonds. The number of urea groups is 1. The number of benzene rings is 2. The third-order valence-corrected chi connectivity index (χ3v) is 8.43. The van der Waals surface area contributed by atoms with Crippen LogP contribution in [0.4, 0.5) is 9.18 Å². The first kappa shape index (κ1) is 25.6. The van der Waals surface area contributed by atoms with E-state index in [1.165, 1.54) is 16.4 Å². The number of piperazine rings is 1. The second-order valence-corrected chi connectivity index (χ2v) is 10.4. The summed E-state index contributed by atoms with van der Waals surface area (Å²) in [7, 11) is -3.69. The highest BCUT2D eigenvalue weighted by Crippen LogP contribution is 2.29. The Morgan fingerprint density at radius 2 is 1.47 bits per heavy atom. The average Bonchev–Trinajstić information content (AvgIpc) is 2.81. The summed E-state index contributed by atoms with van der Waals surface area (Å²) in [6.07, 6.45) is 0. The zero-order chi connectivity index (χ0) is 25.0. The zero-order valence-electron chi connectivity index (χ0n) is 19.9. The monoisotopic (exact) mass is 490 g/mol. The van der Waals surface area contributed by atoms with Crippen LogP contribution in [0.3, 0.4) is 0 Å². The van der Waals surface area contributed by atoms with Crippen LogP contribution in [-0.2, 0) is 21.4 Å². The van der Waals surface area contributed by atoms with Crippen molar-refractivity contribution in [3.63, 3.8) is 0 Å². The van der Waals surface area contributed by atoms with Crippen molar-refractivity contribution in [1.29, 1.82) is 0 Å². The van der Waals surface area contributed by atoms with E-state index in [-0.39, 0.29) is 51.0 Å². The van der Waals surface area contributed by atoms with Gasteiger partial charge in [-0.2, -0.15) is 4.31 Å². The Labute approximate surface area is 200 Å². The van der Waals surface area contributed by atoms with Crippen LogP contribution in [0.5, 0.6) is 0 Å². The van der Waals surface area contributed by atoms with E-state index in [4.69, 9.17) is 0 Å². The number of halogens is 1. The SMILES string of the molecule is Cc1cc(C)c(C)c(S(=O)(=O)N2CCN(C(=O)CNC(=O)NCc3ccc(F)cc3)CC2)c1C. The number of carbonyl (C=O) groups excluding carboxylic acids is 2. The lowest BCUT2D eigenvalue weighted by Crippen LogP contribution is -2.53. The van der Waals surface area contributed by atoms with E-state index in [0.29, 0.717) is 4.90 Å². The fourth-order valence-electron chi connectivity index (χ4n) is 3.99. The summed E-state index contributed by atoms with van der Waals surface area (Å²) < 4.78 is 41.1. The molecule has 0 unspecified atom stereocenters. The number of nitrogens with zero attached hydrogens (tertiary/aromatic N) is 2. The Hall–Kier alpha value is -2.98. The molecule has 0 bridgehead atoms. The van der Waals surface area contributed by atoms with Gasteiger partial charge in [0.1, 0.15) is 5.82 Å². The average molecular weight is 491 g/mol. The van der Waals surface area contributed by atoms with Gasteiger partial charge in [-0.05, 0) is 67.6 Å². The van der Waals surface area contributed by atoms with Gasteiger partial charge in [-0.15, -0.1) is 0 Å². The third kappa shape index (κ3) is 5.74. The Bertz CT molecular complexity index is 1150. The van der Waals surface area contributed by atoms with E-state index in [1.807, 2.05) is 33.8 Å². The van der Waals surface area contributed by atoms with Crippen molar-refractivity contribution >= 4 is 22.0 Å². The molecular weight excluding hydrogens is 459 g/mol. The van der Waals surface area contributed by atoms with Crippen molar-refractivity contribution in [2.75, 3.05) is 32.7 Å². The van der Waals surface area contributed by atoms with Crippen LogP contribution in [0.25, 0.3) is 0 Å². The first-order valence-corrected chi connectivity index (χ1v) is 12.6. The first-order chi connectivity index (χ1) is 16.0. The van der Waals surface area contributed by atoms with Crippen LogP contribution >= 0.6 is 0 Å². The van der Waals surface area contributed by atoms with E-state index in [0.717, 1.165) is 27.8 Å². The summed E-state index contributed by atoms with van der Waals surface area (Å²) >= 11 is 0. The lowest BCUT2D eigenvalue weighted by atomic mass is 10.0. The summed E-state index contributed by atoms with van der Waals surface area (Å²) in [5, 5.41) is 5.12. The maximum absolute atomic E-state index is 13.4. The van der Waals surface area contributed by atoms with Gasteiger partial charge in [-0.25, -0.2) is 17.6 Å². The van der Waals surface area contributed by atoms with Gasteiger partial charge >= 0.3 is 6.03 Å². The van der Waals surface area contributed by atoms with Crippen molar-refractivity contribution in [3.05, 3.63) is 64.0 Å². The number of rotatable bonds is 6. The van der Waals surface area contributed by atoms with Crippen LogP contribution in [0.1, 0.15) is 27.8 Å². The molecule has 0 spiro atoms. The number of aryl methyl sites for hydroxylation is 2. The molecule has 2 N–H and O–H groups in total. The molecule has 8 nitrogen and oxygen atoms in total. The van der Waals surface area contributed by atoms with Crippen LogP contribution in [-0.4, -0.2) is 62.3 Å². The molecule has 184 valence electrons. The molecule has 1 fully saturated rings. The van der Waals surface area contributed by atoms with Crippen LogP contribution < -0.4 is 10.6 Å². The van der Waals surface area contributed by atoms with Crippen LogP contribution in [0.2, 0.25) is 0 Å². The Kier molecular flexibility index (Phi) is 7.93. The van der Waals surface area contributed by atoms with Crippen molar-refractivity contribution in [2.24, 2.45) is 0 Å². The van der Waals surface area contributed by atoms with Crippen molar-refractivity contribution in [2.45, 2.75) is 39.1 Å². The molecule has 1 aliphatic heterocycles. The summed E-state index contributed by atoms with van der Waals surface area (Å²) in [6.45, 7) is 8.33. The number of carbonyl (C=O) groups is 2. The van der Waals surface area contributed by atoms with Gasteiger partial charge in [0.25, 0.3) is 0 Å². The zero-order valence-corrected chi connectivity index (χ0v) is 20.8. The molecule has 34 heavy (non-hydrogen) atoms. The Morgan fingerprint density at radius 1 is 0.912 bits per heavy atom. The molecular formula is C24H31FN4O4S.